The Hall–Kier alpha value is -4.97. The van der Waals surface area contributed by atoms with Crippen LogP contribution in [-0.4, -0.2) is 15.0 Å². The number of nitrogens with zero attached hydrogens (tertiary/aromatic N) is 6. The minimum atomic E-state index is 0. The minimum Gasteiger partial charge on any atom is -0.473 e. The number of aromatic nitrogens is 4. The first-order valence-corrected chi connectivity index (χ1v) is 18.5. The van der Waals surface area contributed by atoms with Gasteiger partial charge in [0.05, 0.1) is 11.9 Å². The molecule has 0 fully saturated rings. The number of para-hydroxylation sites is 4. The average molecular weight is 748 g/mol. The van der Waals surface area contributed by atoms with E-state index in [2.05, 4.69) is 177 Å². The van der Waals surface area contributed by atoms with Gasteiger partial charge in [-0.3, -0.25) is 9.97 Å². The van der Waals surface area contributed by atoms with Crippen LogP contribution in [0.3, 0.4) is 0 Å². The predicted molar refractivity (Wildman–Crippen MR) is 218 cm³/mol. The molecule has 1 aliphatic rings. The van der Waals surface area contributed by atoms with Crippen molar-refractivity contribution >= 4 is 44.6 Å². The maximum absolute atomic E-state index is 4.52. The monoisotopic (exact) mass is 747 g/mol. The van der Waals surface area contributed by atoms with E-state index in [1.807, 2.05) is 12.1 Å². The fraction of sp³-hybridized carbons (Fsp3) is 0.261. The van der Waals surface area contributed by atoms with Crippen LogP contribution in [0.5, 0.6) is 0 Å². The molecule has 8 rings (SSSR count). The van der Waals surface area contributed by atoms with Gasteiger partial charge in [0.1, 0.15) is 0 Å². The Morgan fingerprint density at radius 1 is 0.566 bits per heavy atom. The number of imidazole rings is 1. The maximum Gasteiger partial charge on any atom is 2.00 e. The zero-order valence-corrected chi connectivity index (χ0v) is 32.8. The standard InChI is InChI=1S/C31H39N2.C15H9N4.Cu/c1-20(2)24-13-11-14-25(21(3)4)30(24)32-19-33(29-18-10-9-17-28(29)32)31-26(22(5)6)15-12-16-27(31)23(7)8;1-2-4-11-8-13-12(7-10(11)3-1)18-15(19-13)14-9-16-5-6-17-14;/h9-23H,1-8H3;1-9H;/q2*-1;+2. The molecule has 1 radical (unpaired) electrons. The topological polar surface area (TPSA) is 59.2 Å². The second-order valence-corrected chi connectivity index (χ2v) is 14.9. The van der Waals surface area contributed by atoms with E-state index in [-0.39, 0.29) is 17.1 Å². The molecule has 0 saturated carbocycles. The Morgan fingerprint density at radius 3 is 1.49 bits per heavy atom. The van der Waals surface area contributed by atoms with Gasteiger partial charge in [0.2, 0.25) is 0 Å². The SMILES string of the molecule is CC(C)c1cccc(C(C)C)c1N1[CH-]N(c2c(C(C)C)cccc2C(C)C)c2ccccc21.[Cu+2].c1ccc2cc3[n-]c(-c4cnccn4)nc3cc2c1. The zero-order valence-electron chi connectivity index (χ0n) is 31.8. The van der Waals surface area contributed by atoms with E-state index in [0.717, 1.165) is 11.0 Å². The molecule has 0 amide bonds. The third kappa shape index (κ3) is 7.46. The van der Waals surface area contributed by atoms with E-state index < -0.39 is 0 Å². The zero-order chi connectivity index (χ0) is 36.5. The van der Waals surface area contributed by atoms with Crippen LogP contribution in [-0.2, 0) is 17.1 Å². The number of benzene rings is 5. The van der Waals surface area contributed by atoms with Crippen molar-refractivity contribution in [3.05, 3.63) is 145 Å². The van der Waals surface area contributed by atoms with Crippen molar-refractivity contribution in [3.8, 4) is 11.5 Å². The van der Waals surface area contributed by atoms with Gasteiger partial charge in [-0.05, 0) is 85.7 Å². The van der Waals surface area contributed by atoms with Crippen molar-refractivity contribution in [1.29, 1.82) is 0 Å². The van der Waals surface area contributed by atoms with Crippen LogP contribution in [0.4, 0.5) is 22.7 Å². The molecule has 7 aromatic rings. The third-order valence-corrected chi connectivity index (χ3v) is 9.89. The van der Waals surface area contributed by atoms with Crippen LogP contribution in [0.25, 0.3) is 33.3 Å². The Kier molecular flexibility index (Phi) is 11.4. The van der Waals surface area contributed by atoms with Gasteiger partial charge in [0.25, 0.3) is 0 Å². The molecule has 0 saturated heterocycles. The molecule has 0 bridgehead atoms. The number of hydrogen-bond acceptors (Lipinski definition) is 5. The van der Waals surface area contributed by atoms with E-state index in [4.69, 9.17) is 0 Å². The summed E-state index contributed by atoms with van der Waals surface area (Å²) in [5.41, 5.74) is 13.2. The molecule has 0 atom stereocenters. The Balaban J connectivity index is 0.000000203. The van der Waals surface area contributed by atoms with Crippen molar-refractivity contribution in [3.63, 3.8) is 0 Å². The van der Waals surface area contributed by atoms with Gasteiger partial charge < -0.3 is 19.8 Å². The van der Waals surface area contributed by atoms with E-state index >= 15 is 0 Å². The van der Waals surface area contributed by atoms with Crippen molar-refractivity contribution in [2.45, 2.75) is 79.1 Å². The second kappa shape index (κ2) is 16.0. The van der Waals surface area contributed by atoms with Gasteiger partial charge >= 0.3 is 17.1 Å². The van der Waals surface area contributed by atoms with E-state index in [0.29, 0.717) is 35.2 Å². The summed E-state index contributed by atoms with van der Waals surface area (Å²) in [6, 6.07) is 34.8. The first kappa shape index (κ1) is 37.8. The van der Waals surface area contributed by atoms with Gasteiger partial charge in [-0.15, -0.1) is 6.67 Å². The minimum absolute atomic E-state index is 0. The molecule has 0 aliphatic carbocycles. The summed E-state index contributed by atoms with van der Waals surface area (Å²) < 4.78 is 0. The van der Waals surface area contributed by atoms with Crippen molar-refractivity contribution in [1.82, 2.24) is 19.9 Å². The molecule has 1 aliphatic heterocycles. The molecular weight excluding hydrogens is 700 g/mol. The Labute approximate surface area is 325 Å². The summed E-state index contributed by atoms with van der Waals surface area (Å²) in [7, 11) is 0. The smallest absolute Gasteiger partial charge is 0.473 e. The summed E-state index contributed by atoms with van der Waals surface area (Å²) in [5.74, 6) is 2.41. The molecule has 2 aromatic heterocycles. The fourth-order valence-electron chi connectivity index (χ4n) is 7.23. The molecule has 0 unspecified atom stereocenters. The van der Waals surface area contributed by atoms with Gasteiger partial charge in [-0.25, -0.2) is 0 Å². The van der Waals surface area contributed by atoms with Crippen LogP contribution in [0.15, 0.2) is 116 Å². The molecule has 0 N–H and O–H groups in total. The average Bonchev–Trinajstić information content (AvgIpc) is 3.75. The van der Waals surface area contributed by atoms with E-state index in [1.165, 1.54) is 55.8 Å². The summed E-state index contributed by atoms with van der Waals surface area (Å²) >= 11 is 0. The quantitative estimate of drug-likeness (QED) is 0.119. The Morgan fingerprint density at radius 2 is 1.04 bits per heavy atom. The molecular formula is C46H48CuN6. The van der Waals surface area contributed by atoms with Crippen molar-refractivity contribution < 1.29 is 17.1 Å². The molecule has 0 spiro atoms. The van der Waals surface area contributed by atoms with Crippen molar-refractivity contribution in [2.75, 3.05) is 9.80 Å². The molecule has 5 aromatic carbocycles. The summed E-state index contributed by atoms with van der Waals surface area (Å²) in [6.45, 7) is 20.7. The largest absolute Gasteiger partial charge is 2.00 e. The summed E-state index contributed by atoms with van der Waals surface area (Å²) in [4.78, 5) is 22.2. The number of fused-ring (bicyclic) bond motifs is 3. The molecule has 53 heavy (non-hydrogen) atoms. The van der Waals surface area contributed by atoms with Crippen LogP contribution in [0.1, 0.15) is 101 Å². The van der Waals surface area contributed by atoms with Gasteiger partial charge in [-0.1, -0.05) is 140 Å². The van der Waals surface area contributed by atoms with Crippen molar-refractivity contribution in [2.24, 2.45) is 0 Å². The maximum atomic E-state index is 4.52. The van der Waals surface area contributed by atoms with Gasteiger partial charge in [-0.2, -0.15) is 0 Å². The molecule has 3 heterocycles. The first-order valence-electron chi connectivity index (χ1n) is 18.5. The van der Waals surface area contributed by atoms with Crippen LogP contribution < -0.4 is 14.8 Å². The molecule has 7 heteroatoms. The van der Waals surface area contributed by atoms with E-state index in [1.54, 1.807) is 18.6 Å². The predicted octanol–water partition coefficient (Wildman–Crippen LogP) is 12.4. The van der Waals surface area contributed by atoms with E-state index in [9.17, 15) is 0 Å². The number of rotatable bonds is 7. The normalized spacial score (nSPS) is 12.5. The van der Waals surface area contributed by atoms with Crippen LogP contribution in [0.2, 0.25) is 0 Å². The third-order valence-electron chi connectivity index (χ3n) is 9.89. The van der Waals surface area contributed by atoms with Crippen LogP contribution >= 0.6 is 0 Å². The molecule has 6 nitrogen and oxygen atoms in total. The fourth-order valence-corrected chi connectivity index (χ4v) is 7.23. The summed E-state index contributed by atoms with van der Waals surface area (Å²) in [6.07, 6.45) is 4.96. The molecule has 273 valence electrons. The summed E-state index contributed by atoms with van der Waals surface area (Å²) in [5, 5.41) is 2.33. The first-order chi connectivity index (χ1) is 25.1. The number of anilines is 4. The Bertz CT molecular complexity index is 2130. The van der Waals surface area contributed by atoms with Gasteiger partial charge in [0.15, 0.2) is 0 Å². The van der Waals surface area contributed by atoms with Crippen LogP contribution in [0, 0.1) is 6.67 Å². The number of hydrogen-bond donors (Lipinski definition) is 0. The van der Waals surface area contributed by atoms with Gasteiger partial charge in [0, 0.05) is 35.1 Å². The second-order valence-electron chi connectivity index (χ2n) is 14.9.